The topological polar surface area (TPSA) is 46.9 Å². The van der Waals surface area contributed by atoms with Crippen LogP contribution in [0.15, 0.2) is 79.0 Å². The summed E-state index contributed by atoms with van der Waals surface area (Å²) in [4.78, 5) is 12.7. The van der Waals surface area contributed by atoms with Gasteiger partial charge in [-0.05, 0) is 35.4 Å². The van der Waals surface area contributed by atoms with Crippen molar-refractivity contribution in [2.75, 3.05) is 0 Å². The largest absolute Gasteiger partial charge is 0.348 e. The molecule has 4 aromatic rings. The number of aromatic nitrogens is 2. The highest BCUT2D eigenvalue weighted by Gasteiger charge is 2.15. The van der Waals surface area contributed by atoms with Crippen LogP contribution >= 0.6 is 0 Å². The van der Waals surface area contributed by atoms with Gasteiger partial charge in [-0.1, -0.05) is 60.7 Å². The van der Waals surface area contributed by atoms with Gasteiger partial charge in [-0.15, -0.1) is 0 Å². The minimum atomic E-state index is -0.113. The van der Waals surface area contributed by atoms with Crippen LogP contribution in [0.1, 0.15) is 21.6 Å². The zero-order chi connectivity index (χ0) is 17.9. The van der Waals surface area contributed by atoms with Gasteiger partial charge in [0, 0.05) is 6.54 Å². The first-order chi connectivity index (χ1) is 12.7. The third-order valence-corrected chi connectivity index (χ3v) is 4.57. The van der Waals surface area contributed by atoms with E-state index in [0.29, 0.717) is 12.1 Å². The Morgan fingerprint density at radius 1 is 0.962 bits per heavy atom. The lowest BCUT2D eigenvalue weighted by Crippen LogP contribution is -2.23. The number of amides is 1. The average Bonchev–Trinajstić information content (AvgIpc) is 3.08. The van der Waals surface area contributed by atoms with Crippen LogP contribution in [-0.2, 0) is 6.54 Å². The molecule has 128 valence electrons. The molecule has 26 heavy (non-hydrogen) atoms. The molecular weight excluding hydrogens is 322 g/mol. The molecule has 1 N–H and O–H groups in total. The van der Waals surface area contributed by atoms with E-state index < -0.39 is 0 Å². The second-order valence-electron chi connectivity index (χ2n) is 6.21. The summed E-state index contributed by atoms with van der Waals surface area (Å²) in [5.74, 6) is -0.113. The van der Waals surface area contributed by atoms with Crippen LogP contribution in [0.25, 0.3) is 16.5 Å². The lowest BCUT2D eigenvalue weighted by Gasteiger charge is -2.09. The first kappa shape index (κ1) is 16.1. The molecule has 0 unspecified atom stereocenters. The number of carbonyl (C=O) groups excluding carboxylic acids is 1. The van der Waals surface area contributed by atoms with Crippen molar-refractivity contribution in [3.05, 3.63) is 95.8 Å². The van der Waals surface area contributed by atoms with E-state index in [1.165, 1.54) is 5.39 Å². The van der Waals surface area contributed by atoms with E-state index in [4.69, 9.17) is 0 Å². The zero-order valence-corrected chi connectivity index (χ0v) is 14.5. The maximum absolute atomic E-state index is 12.7. The van der Waals surface area contributed by atoms with Crippen molar-refractivity contribution in [1.29, 1.82) is 0 Å². The van der Waals surface area contributed by atoms with Crippen LogP contribution in [0, 0.1) is 6.92 Å². The van der Waals surface area contributed by atoms with Gasteiger partial charge in [0.15, 0.2) is 0 Å². The Balaban J connectivity index is 1.55. The maximum atomic E-state index is 12.7. The van der Waals surface area contributed by atoms with Gasteiger partial charge in [-0.3, -0.25) is 4.79 Å². The fourth-order valence-corrected chi connectivity index (χ4v) is 3.18. The Hall–Kier alpha value is -3.40. The average molecular weight is 341 g/mol. The van der Waals surface area contributed by atoms with Gasteiger partial charge in [0.25, 0.3) is 5.91 Å². The van der Waals surface area contributed by atoms with Crippen molar-refractivity contribution >= 4 is 16.7 Å². The molecule has 0 saturated heterocycles. The number of nitrogens with zero attached hydrogens (tertiary/aromatic N) is 2. The summed E-state index contributed by atoms with van der Waals surface area (Å²) in [6.45, 7) is 2.39. The van der Waals surface area contributed by atoms with Gasteiger partial charge in [-0.2, -0.15) is 5.10 Å². The van der Waals surface area contributed by atoms with E-state index in [-0.39, 0.29) is 5.91 Å². The molecule has 0 aliphatic rings. The van der Waals surface area contributed by atoms with Crippen LogP contribution in [0.5, 0.6) is 0 Å². The second kappa shape index (κ2) is 6.84. The molecule has 0 fully saturated rings. The minimum Gasteiger partial charge on any atom is -0.348 e. The van der Waals surface area contributed by atoms with E-state index in [0.717, 1.165) is 22.3 Å². The zero-order valence-electron chi connectivity index (χ0n) is 14.5. The van der Waals surface area contributed by atoms with Crippen molar-refractivity contribution < 1.29 is 4.79 Å². The lowest BCUT2D eigenvalue weighted by atomic mass is 10.0. The fourth-order valence-electron chi connectivity index (χ4n) is 3.18. The molecule has 4 heteroatoms. The number of benzene rings is 3. The molecular formula is C22H19N3O. The summed E-state index contributed by atoms with van der Waals surface area (Å²) in [6.07, 6.45) is 1.63. The van der Waals surface area contributed by atoms with Gasteiger partial charge < -0.3 is 5.32 Å². The molecule has 0 atom stereocenters. The SMILES string of the molecule is Cc1c(C(=O)NCc2cccc3ccccc23)cnn1-c1ccccc1. The summed E-state index contributed by atoms with van der Waals surface area (Å²) >= 11 is 0. The molecule has 0 bridgehead atoms. The monoisotopic (exact) mass is 341 g/mol. The standard InChI is InChI=1S/C22H19N3O/c1-16-21(15-24-25(16)19-11-3-2-4-12-19)22(26)23-14-18-10-7-9-17-8-5-6-13-20(17)18/h2-13,15H,14H2,1H3,(H,23,26). The number of hydrogen-bond acceptors (Lipinski definition) is 2. The molecule has 0 saturated carbocycles. The first-order valence-corrected chi connectivity index (χ1v) is 8.59. The number of para-hydroxylation sites is 1. The van der Waals surface area contributed by atoms with E-state index in [1.54, 1.807) is 10.9 Å². The van der Waals surface area contributed by atoms with Crippen molar-refractivity contribution in [3.8, 4) is 5.69 Å². The molecule has 0 spiro atoms. The molecule has 0 aliphatic carbocycles. The summed E-state index contributed by atoms with van der Waals surface area (Å²) in [7, 11) is 0. The Morgan fingerprint density at radius 3 is 2.54 bits per heavy atom. The highest BCUT2D eigenvalue weighted by atomic mass is 16.1. The highest BCUT2D eigenvalue weighted by molar-refractivity contribution is 5.95. The van der Waals surface area contributed by atoms with E-state index in [2.05, 4.69) is 28.6 Å². The summed E-state index contributed by atoms with van der Waals surface area (Å²) in [6, 6.07) is 24.1. The Bertz CT molecular complexity index is 1060. The van der Waals surface area contributed by atoms with Gasteiger partial charge >= 0.3 is 0 Å². The highest BCUT2D eigenvalue weighted by Crippen LogP contribution is 2.19. The third-order valence-electron chi connectivity index (χ3n) is 4.57. The molecule has 4 rings (SSSR count). The predicted octanol–water partition coefficient (Wildman–Crippen LogP) is 4.26. The summed E-state index contributed by atoms with van der Waals surface area (Å²) in [5.41, 5.74) is 3.46. The quantitative estimate of drug-likeness (QED) is 0.603. The van der Waals surface area contributed by atoms with Gasteiger partial charge in [-0.25, -0.2) is 4.68 Å². The van der Waals surface area contributed by atoms with E-state index in [9.17, 15) is 4.79 Å². The van der Waals surface area contributed by atoms with Crippen molar-refractivity contribution in [2.24, 2.45) is 0 Å². The maximum Gasteiger partial charge on any atom is 0.255 e. The summed E-state index contributed by atoms with van der Waals surface area (Å²) < 4.78 is 1.78. The second-order valence-corrected chi connectivity index (χ2v) is 6.21. The van der Waals surface area contributed by atoms with Crippen LogP contribution < -0.4 is 5.32 Å². The lowest BCUT2D eigenvalue weighted by molar-refractivity contribution is 0.0950. The van der Waals surface area contributed by atoms with Crippen molar-refractivity contribution in [3.63, 3.8) is 0 Å². The normalized spacial score (nSPS) is 10.8. The number of carbonyl (C=O) groups is 1. The molecule has 1 aromatic heterocycles. The number of hydrogen-bond donors (Lipinski definition) is 1. The Labute approximate surface area is 152 Å². The first-order valence-electron chi connectivity index (χ1n) is 8.59. The van der Waals surface area contributed by atoms with Gasteiger partial charge in [0.05, 0.1) is 23.1 Å². The van der Waals surface area contributed by atoms with Crippen LogP contribution in [0.4, 0.5) is 0 Å². The molecule has 1 heterocycles. The Morgan fingerprint density at radius 2 is 1.69 bits per heavy atom. The van der Waals surface area contributed by atoms with E-state index in [1.807, 2.05) is 61.5 Å². The molecule has 4 nitrogen and oxygen atoms in total. The van der Waals surface area contributed by atoms with Crippen molar-refractivity contribution in [1.82, 2.24) is 15.1 Å². The van der Waals surface area contributed by atoms with Gasteiger partial charge in [0.1, 0.15) is 0 Å². The summed E-state index contributed by atoms with van der Waals surface area (Å²) in [5, 5.41) is 9.72. The third kappa shape index (κ3) is 2.97. The molecule has 0 radical (unpaired) electrons. The van der Waals surface area contributed by atoms with Gasteiger partial charge in [0.2, 0.25) is 0 Å². The van der Waals surface area contributed by atoms with Crippen LogP contribution in [0.2, 0.25) is 0 Å². The van der Waals surface area contributed by atoms with Crippen molar-refractivity contribution in [2.45, 2.75) is 13.5 Å². The molecule has 1 amide bonds. The smallest absolute Gasteiger partial charge is 0.255 e. The predicted molar refractivity (Wildman–Crippen MR) is 103 cm³/mol. The minimum absolute atomic E-state index is 0.113. The number of rotatable bonds is 4. The van der Waals surface area contributed by atoms with Crippen LogP contribution in [0.3, 0.4) is 0 Å². The fraction of sp³-hybridized carbons (Fsp3) is 0.0909. The molecule has 3 aromatic carbocycles. The van der Waals surface area contributed by atoms with Crippen LogP contribution in [-0.4, -0.2) is 15.7 Å². The number of nitrogens with one attached hydrogen (secondary N) is 1. The number of fused-ring (bicyclic) bond motifs is 1. The molecule has 0 aliphatic heterocycles. The Kier molecular flexibility index (Phi) is 4.23. The van der Waals surface area contributed by atoms with E-state index >= 15 is 0 Å².